The number of ether oxygens (including phenoxy) is 1. The Labute approximate surface area is 78.1 Å². The Morgan fingerprint density at radius 1 is 2.00 bits per heavy atom. The molecule has 0 amide bonds. The molecule has 1 saturated heterocycles. The molecule has 72 valence electrons. The molecule has 1 N–H and O–H groups in total. The molecule has 0 saturated carbocycles. The van der Waals surface area contributed by atoms with Crippen LogP contribution < -0.4 is 4.89 Å². The minimum Gasteiger partial charge on any atom is -0.801 e. The SMILES string of the molecule is [3H][C@H]1CC(O)[C@@H](COP(C)([O-])=S)O1. The van der Waals surface area contributed by atoms with Gasteiger partial charge in [-0.3, -0.25) is 0 Å². The summed E-state index contributed by atoms with van der Waals surface area (Å²) in [6.07, 6.45) is -1.03. The molecule has 0 radical (unpaired) electrons. The molecule has 4 atom stereocenters. The highest BCUT2D eigenvalue weighted by molar-refractivity contribution is 8.08. The van der Waals surface area contributed by atoms with Gasteiger partial charge in [-0.2, -0.15) is 0 Å². The number of rotatable bonds is 3. The minimum absolute atomic E-state index is 0.00613. The predicted octanol–water partition coefficient (Wildman–Crippen LogP) is -0.548. The number of hydrogen-bond acceptors (Lipinski definition) is 5. The summed E-state index contributed by atoms with van der Waals surface area (Å²) in [6.45, 7) is -2.34. The summed E-state index contributed by atoms with van der Waals surface area (Å²) in [5.74, 6) is 0. The summed E-state index contributed by atoms with van der Waals surface area (Å²) >= 11 is 4.54. The molecule has 1 aliphatic rings. The van der Waals surface area contributed by atoms with Crippen molar-refractivity contribution in [2.24, 2.45) is 0 Å². The van der Waals surface area contributed by atoms with E-state index in [1.54, 1.807) is 0 Å². The predicted molar refractivity (Wildman–Crippen MR) is 46.5 cm³/mol. The van der Waals surface area contributed by atoms with Crippen LogP contribution in [0.15, 0.2) is 0 Å². The maximum absolute atomic E-state index is 11.0. The summed E-state index contributed by atoms with van der Waals surface area (Å²) in [5, 5.41) is 9.31. The third-order valence-corrected chi connectivity index (χ3v) is 2.45. The normalized spacial score (nSPS) is 42.2. The molecule has 2 unspecified atom stereocenters. The summed E-state index contributed by atoms with van der Waals surface area (Å²) in [4.78, 5) is 11.0. The van der Waals surface area contributed by atoms with Gasteiger partial charge in [0, 0.05) is 6.58 Å². The molecular weight excluding hydrogens is 199 g/mol. The van der Waals surface area contributed by atoms with Gasteiger partial charge in [0.05, 0.1) is 14.1 Å². The van der Waals surface area contributed by atoms with E-state index in [9.17, 15) is 10.00 Å². The smallest absolute Gasteiger partial charge is 0.107 e. The lowest BCUT2D eigenvalue weighted by Crippen LogP contribution is -2.26. The minimum atomic E-state index is -2.93. The fourth-order valence-electron chi connectivity index (χ4n) is 0.879. The molecule has 0 spiro atoms. The second-order valence-electron chi connectivity index (χ2n) is 2.71. The van der Waals surface area contributed by atoms with Crippen molar-refractivity contribution in [1.29, 1.82) is 0 Å². The highest BCUT2D eigenvalue weighted by Gasteiger charge is 2.26. The van der Waals surface area contributed by atoms with E-state index in [4.69, 9.17) is 10.6 Å². The highest BCUT2D eigenvalue weighted by atomic mass is 32.5. The van der Waals surface area contributed by atoms with Crippen molar-refractivity contribution in [2.45, 2.75) is 18.6 Å². The maximum Gasteiger partial charge on any atom is 0.107 e. The van der Waals surface area contributed by atoms with Crippen LogP contribution in [-0.2, 0) is 21.1 Å². The number of aliphatic hydroxyl groups excluding tert-OH is 1. The van der Waals surface area contributed by atoms with Gasteiger partial charge in [0.25, 0.3) is 0 Å². The molecule has 6 heteroatoms. The standard InChI is InChI=1S/C6H13O4PS/c1-11(8,12)10-4-6-5(7)2-3-9-6/h5-7H,2-4H2,1H3,(H,8,12)/p-1/t5?,6-,11?/m1/s1/i3T/t3-,5?,6+,11?/m0. The van der Waals surface area contributed by atoms with Gasteiger partial charge in [-0.25, -0.2) is 0 Å². The van der Waals surface area contributed by atoms with Crippen LogP contribution >= 0.6 is 6.49 Å². The molecule has 1 rings (SSSR count). The van der Waals surface area contributed by atoms with Crippen molar-refractivity contribution in [1.82, 2.24) is 0 Å². The Bertz CT molecular complexity index is 221. The van der Waals surface area contributed by atoms with Gasteiger partial charge in [0.2, 0.25) is 0 Å². The lowest BCUT2D eigenvalue weighted by molar-refractivity contribution is -0.183. The molecule has 4 nitrogen and oxygen atoms in total. The van der Waals surface area contributed by atoms with Crippen molar-refractivity contribution in [2.75, 3.05) is 19.9 Å². The van der Waals surface area contributed by atoms with Crippen LogP contribution in [0.1, 0.15) is 7.79 Å². The Balaban J connectivity index is 2.34. The van der Waals surface area contributed by atoms with Crippen molar-refractivity contribution in [3.8, 4) is 0 Å². The van der Waals surface area contributed by atoms with E-state index < -0.39 is 25.3 Å². The van der Waals surface area contributed by atoms with E-state index in [0.29, 0.717) is 0 Å². The van der Waals surface area contributed by atoms with E-state index in [1.807, 2.05) is 0 Å². The Morgan fingerprint density at radius 3 is 3.08 bits per heavy atom. The first-order valence-electron chi connectivity index (χ1n) is 4.15. The first-order chi connectivity index (χ1) is 5.88. The number of hydrogen-bond donors (Lipinski definition) is 1. The Morgan fingerprint density at radius 2 is 2.67 bits per heavy atom. The van der Waals surface area contributed by atoms with Crippen molar-refractivity contribution < 1.29 is 20.6 Å². The second-order valence-corrected chi connectivity index (χ2v) is 6.50. The van der Waals surface area contributed by atoms with Crippen LogP contribution in [0, 0.1) is 0 Å². The van der Waals surface area contributed by atoms with E-state index in [0.717, 1.165) is 0 Å². The van der Waals surface area contributed by atoms with Crippen LogP contribution in [0.3, 0.4) is 0 Å². The summed E-state index contributed by atoms with van der Waals surface area (Å²) in [6, 6.07) is 0. The monoisotopic (exact) mass is 213 g/mol. The fraction of sp³-hybridized carbons (Fsp3) is 1.00. The zero-order chi connectivity index (χ0) is 10.1. The molecule has 0 bridgehead atoms. The summed E-state index contributed by atoms with van der Waals surface area (Å²) < 4.78 is 17.0. The van der Waals surface area contributed by atoms with Gasteiger partial charge in [-0.15, -0.1) is 0 Å². The third kappa shape index (κ3) is 3.47. The fourth-order valence-corrected chi connectivity index (χ4v) is 1.48. The maximum atomic E-state index is 11.0. The van der Waals surface area contributed by atoms with Crippen molar-refractivity contribution in [3.05, 3.63) is 0 Å². The second kappa shape index (κ2) is 4.13. The van der Waals surface area contributed by atoms with Gasteiger partial charge < -0.3 is 19.3 Å². The van der Waals surface area contributed by atoms with Gasteiger partial charge in [0.1, 0.15) is 6.10 Å². The van der Waals surface area contributed by atoms with Gasteiger partial charge in [0.15, 0.2) is 0 Å². The van der Waals surface area contributed by atoms with E-state index in [2.05, 4.69) is 11.8 Å². The van der Waals surface area contributed by atoms with Crippen LogP contribution in [0.2, 0.25) is 0 Å². The van der Waals surface area contributed by atoms with E-state index in [-0.39, 0.29) is 13.0 Å². The first kappa shape index (κ1) is 9.06. The van der Waals surface area contributed by atoms with Gasteiger partial charge in [-0.1, -0.05) is 11.8 Å². The quantitative estimate of drug-likeness (QED) is 0.637. The molecule has 0 aromatic heterocycles. The molecule has 1 fully saturated rings. The van der Waals surface area contributed by atoms with Crippen LogP contribution in [-0.4, -0.2) is 37.2 Å². The Hall–Kier alpha value is 0.490. The number of aliphatic hydroxyl groups is 1. The zero-order valence-electron chi connectivity index (χ0n) is 7.67. The first-order valence-corrected chi connectivity index (χ1v) is 6.66. The lowest BCUT2D eigenvalue weighted by atomic mass is 10.2. The topological polar surface area (TPSA) is 61.8 Å². The third-order valence-electron chi connectivity index (χ3n) is 1.51. The lowest BCUT2D eigenvalue weighted by Gasteiger charge is -2.25. The Kier molecular flexibility index (Phi) is 3.12. The highest BCUT2D eigenvalue weighted by Crippen LogP contribution is 2.32. The summed E-state index contributed by atoms with van der Waals surface area (Å²) in [5.41, 5.74) is 0. The summed E-state index contributed by atoms with van der Waals surface area (Å²) in [7, 11) is 0. The molecule has 1 aliphatic heterocycles. The molecular formula is C6H12O4PS-. The van der Waals surface area contributed by atoms with E-state index >= 15 is 0 Å². The van der Waals surface area contributed by atoms with Crippen molar-refractivity contribution in [3.63, 3.8) is 0 Å². The average molecular weight is 213 g/mol. The van der Waals surface area contributed by atoms with Gasteiger partial charge >= 0.3 is 0 Å². The molecule has 12 heavy (non-hydrogen) atoms. The molecule has 1 heterocycles. The average Bonchev–Trinajstić information content (AvgIpc) is 2.24. The largest absolute Gasteiger partial charge is 0.801 e. The van der Waals surface area contributed by atoms with Crippen LogP contribution in [0.5, 0.6) is 0 Å². The van der Waals surface area contributed by atoms with Crippen LogP contribution in [0.25, 0.3) is 0 Å². The molecule has 0 aliphatic carbocycles. The molecule has 0 aromatic carbocycles. The van der Waals surface area contributed by atoms with Gasteiger partial charge in [-0.05, 0) is 19.6 Å². The molecule has 0 aromatic rings. The van der Waals surface area contributed by atoms with Crippen LogP contribution in [0.4, 0.5) is 0 Å². The van der Waals surface area contributed by atoms with E-state index in [1.165, 1.54) is 6.66 Å². The zero-order valence-corrected chi connectivity index (χ0v) is 8.38. The van der Waals surface area contributed by atoms with Crippen molar-refractivity contribution >= 4 is 18.3 Å².